The lowest BCUT2D eigenvalue weighted by atomic mass is 9.84. The van der Waals surface area contributed by atoms with Crippen LogP contribution < -0.4 is 10.1 Å². The summed E-state index contributed by atoms with van der Waals surface area (Å²) in [4.78, 5) is 31.8. The predicted octanol–water partition coefficient (Wildman–Crippen LogP) is 7.44. The van der Waals surface area contributed by atoms with Crippen molar-refractivity contribution in [3.8, 4) is 16.9 Å². The fourth-order valence-corrected chi connectivity index (χ4v) is 5.81. The summed E-state index contributed by atoms with van der Waals surface area (Å²) in [6.45, 7) is 11.3. The maximum atomic E-state index is 13.8. The Balaban J connectivity index is 1.46. The van der Waals surface area contributed by atoms with Crippen LogP contribution in [0.15, 0.2) is 60.9 Å². The zero-order valence-corrected chi connectivity index (χ0v) is 27.0. The van der Waals surface area contributed by atoms with E-state index in [1.165, 1.54) is 24.8 Å². The number of rotatable bonds is 8. The fraction of sp³-hybridized carbons (Fsp3) is 0.444. The van der Waals surface area contributed by atoms with E-state index in [1.54, 1.807) is 43.6 Å². The standard InChI is InChI=1S/C36H43FN4O4/c1-35(2,3)44-27-18-12-23(13-19-27)20-30(34(43)45-36(4,5)6)40-33(42)29-22-39-41-31(25-10-8-7-9-11-25)28(21-38-32(29)41)24-14-16-26(37)17-15-24/h12-19,21-22,25,30H,7-11,20H2,1-6H3,(H,40,42)/t30-/m0/s1. The smallest absolute Gasteiger partial charge is 0.329 e. The lowest BCUT2D eigenvalue weighted by Crippen LogP contribution is -2.45. The van der Waals surface area contributed by atoms with Crippen molar-refractivity contribution in [2.75, 3.05) is 0 Å². The fourth-order valence-electron chi connectivity index (χ4n) is 5.81. The summed E-state index contributed by atoms with van der Waals surface area (Å²) >= 11 is 0. The molecule has 0 unspecified atom stereocenters. The Kier molecular flexibility index (Phi) is 9.28. The second-order valence-electron chi connectivity index (χ2n) is 13.8. The van der Waals surface area contributed by atoms with E-state index in [0.29, 0.717) is 5.65 Å². The molecule has 1 atom stereocenters. The van der Waals surface area contributed by atoms with Gasteiger partial charge in [0.2, 0.25) is 0 Å². The van der Waals surface area contributed by atoms with Gasteiger partial charge in [0.25, 0.3) is 5.91 Å². The lowest BCUT2D eigenvalue weighted by Gasteiger charge is -2.25. The van der Waals surface area contributed by atoms with Crippen LogP contribution >= 0.6 is 0 Å². The highest BCUT2D eigenvalue weighted by Crippen LogP contribution is 2.38. The van der Waals surface area contributed by atoms with Crippen LogP contribution in [-0.4, -0.2) is 43.7 Å². The van der Waals surface area contributed by atoms with Gasteiger partial charge in [-0.15, -0.1) is 0 Å². The number of carbonyl (C=O) groups excluding carboxylic acids is 2. The van der Waals surface area contributed by atoms with Crippen LogP contribution in [0.3, 0.4) is 0 Å². The number of benzene rings is 2. The van der Waals surface area contributed by atoms with Crippen molar-refractivity contribution in [2.24, 2.45) is 0 Å². The highest BCUT2D eigenvalue weighted by atomic mass is 19.1. The minimum absolute atomic E-state index is 0.222. The van der Waals surface area contributed by atoms with Crippen LogP contribution in [0.1, 0.15) is 101 Å². The van der Waals surface area contributed by atoms with Crippen molar-refractivity contribution >= 4 is 17.5 Å². The van der Waals surface area contributed by atoms with Crippen molar-refractivity contribution in [1.29, 1.82) is 0 Å². The normalized spacial score (nSPS) is 15.1. The van der Waals surface area contributed by atoms with Gasteiger partial charge in [-0.25, -0.2) is 18.7 Å². The maximum Gasteiger partial charge on any atom is 0.329 e. The van der Waals surface area contributed by atoms with Gasteiger partial charge in [0.05, 0.1) is 11.9 Å². The van der Waals surface area contributed by atoms with Crippen molar-refractivity contribution in [1.82, 2.24) is 19.9 Å². The zero-order valence-electron chi connectivity index (χ0n) is 27.0. The van der Waals surface area contributed by atoms with Gasteiger partial charge in [0, 0.05) is 24.1 Å². The molecular formula is C36H43FN4O4. The molecule has 8 nitrogen and oxygen atoms in total. The summed E-state index contributed by atoms with van der Waals surface area (Å²) in [5, 5.41) is 7.55. The van der Waals surface area contributed by atoms with Crippen molar-refractivity contribution in [3.05, 3.63) is 83.6 Å². The molecule has 5 rings (SSSR count). The molecular weight excluding hydrogens is 571 g/mol. The zero-order chi connectivity index (χ0) is 32.4. The van der Waals surface area contributed by atoms with Gasteiger partial charge in [-0.2, -0.15) is 5.10 Å². The molecule has 9 heteroatoms. The average Bonchev–Trinajstić information content (AvgIpc) is 3.41. The van der Waals surface area contributed by atoms with Crippen LogP contribution in [0, 0.1) is 5.82 Å². The number of nitrogens with one attached hydrogen (secondary N) is 1. The third kappa shape index (κ3) is 8.07. The molecule has 1 fully saturated rings. The Hall–Kier alpha value is -4.27. The molecule has 1 aliphatic rings. The summed E-state index contributed by atoms with van der Waals surface area (Å²) in [5.74, 6) is -0.365. The first-order chi connectivity index (χ1) is 21.3. The highest BCUT2D eigenvalue weighted by Gasteiger charge is 2.30. The van der Waals surface area contributed by atoms with Crippen LogP contribution in [0.2, 0.25) is 0 Å². The van der Waals surface area contributed by atoms with Crippen LogP contribution in [-0.2, 0) is 16.0 Å². The lowest BCUT2D eigenvalue weighted by molar-refractivity contribution is -0.157. The first kappa shape index (κ1) is 32.1. The SMILES string of the molecule is CC(C)(C)OC(=O)[C@H](Cc1ccc(OC(C)(C)C)cc1)NC(=O)c1cnn2c(C3CCCCC3)c(-c3ccc(F)cc3)cnc12. The number of nitrogens with zero attached hydrogens (tertiary/aromatic N) is 3. The molecule has 45 heavy (non-hydrogen) atoms. The number of ether oxygens (including phenoxy) is 2. The Labute approximate surface area is 264 Å². The van der Waals surface area contributed by atoms with E-state index in [9.17, 15) is 14.0 Å². The summed E-state index contributed by atoms with van der Waals surface area (Å²) in [7, 11) is 0. The third-order valence-corrected chi connectivity index (χ3v) is 7.74. The molecule has 0 aliphatic heterocycles. The Morgan fingerprint density at radius 3 is 2.22 bits per heavy atom. The van der Waals surface area contributed by atoms with E-state index in [2.05, 4.69) is 15.4 Å². The van der Waals surface area contributed by atoms with Gasteiger partial charge in [-0.3, -0.25) is 4.79 Å². The number of aromatic nitrogens is 3. The largest absolute Gasteiger partial charge is 0.488 e. The minimum atomic E-state index is -0.947. The van der Waals surface area contributed by atoms with E-state index < -0.39 is 23.5 Å². The molecule has 2 aromatic carbocycles. The number of carbonyl (C=O) groups is 2. The number of halogens is 1. The number of amides is 1. The minimum Gasteiger partial charge on any atom is -0.488 e. The Morgan fingerprint density at radius 2 is 1.60 bits per heavy atom. The van der Waals surface area contributed by atoms with Crippen molar-refractivity contribution in [3.63, 3.8) is 0 Å². The van der Waals surface area contributed by atoms with Gasteiger partial charge >= 0.3 is 5.97 Å². The summed E-state index contributed by atoms with van der Waals surface area (Å²) in [6, 6.07) is 12.9. The summed E-state index contributed by atoms with van der Waals surface area (Å²) in [6.07, 6.45) is 8.86. The first-order valence-electron chi connectivity index (χ1n) is 15.7. The third-order valence-electron chi connectivity index (χ3n) is 7.74. The van der Waals surface area contributed by atoms with Gasteiger partial charge in [-0.1, -0.05) is 43.5 Å². The van der Waals surface area contributed by atoms with Gasteiger partial charge < -0.3 is 14.8 Å². The predicted molar refractivity (Wildman–Crippen MR) is 172 cm³/mol. The molecule has 1 amide bonds. The van der Waals surface area contributed by atoms with E-state index in [4.69, 9.17) is 9.47 Å². The second-order valence-corrected chi connectivity index (χ2v) is 13.8. The molecule has 238 valence electrons. The molecule has 0 saturated heterocycles. The number of hydrogen-bond acceptors (Lipinski definition) is 6. The van der Waals surface area contributed by atoms with E-state index in [1.807, 2.05) is 45.0 Å². The highest BCUT2D eigenvalue weighted by molar-refractivity contribution is 6.01. The van der Waals surface area contributed by atoms with Gasteiger partial charge in [-0.05, 0) is 89.8 Å². The summed E-state index contributed by atoms with van der Waals surface area (Å²) < 4.78 is 27.1. The molecule has 1 N–H and O–H groups in total. The Bertz CT molecular complexity index is 1640. The number of fused-ring (bicyclic) bond motifs is 1. The molecule has 1 aliphatic carbocycles. The van der Waals surface area contributed by atoms with E-state index in [0.717, 1.165) is 53.8 Å². The van der Waals surface area contributed by atoms with Crippen molar-refractivity contribution < 1.29 is 23.5 Å². The molecule has 2 aromatic heterocycles. The number of hydrogen-bond donors (Lipinski definition) is 1. The maximum absolute atomic E-state index is 13.8. The van der Waals surface area contributed by atoms with Crippen LogP contribution in [0.4, 0.5) is 4.39 Å². The summed E-state index contributed by atoms with van der Waals surface area (Å²) in [5.41, 5.74) is 3.12. The molecule has 4 aromatic rings. The number of esters is 1. The first-order valence-corrected chi connectivity index (χ1v) is 15.7. The second kappa shape index (κ2) is 13.0. The molecule has 0 bridgehead atoms. The van der Waals surface area contributed by atoms with Crippen molar-refractivity contribution in [2.45, 2.75) is 103 Å². The topological polar surface area (TPSA) is 94.8 Å². The Morgan fingerprint density at radius 1 is 0.933 bits per heavy atom. The van der Waals surface area contributed by atoms with Gasteiger partial charge in [0.1, 0.15) is 34.4 Å². The van der Waals surface area contributed by atoms with Crippen LogP contribution in [0.5, 0.6) is 5.75 Å². The molecule has 1 saturated carbocycles. The molecule has 0 radical (unpaired) electrons. The molecule has 0 spiro atoms. The quantitative estimate of drug-likeness (QED) is 0.207. The monoisotopic (exact) mass is 614 g/mol. The van der Waals surface area contributed by atoms with Gasteiger partial charge in [0.15, 0.2) is 5.65 Å². The molecule has 2 heterocycles. The van der Waals surface area contributed by atoms with Crippen LogP contribution in [0.25, 0.3) is 16.8 Å². The average molecular weight is 615 g/mol. The van der Waals surface area contributed by atoms with E-state index >= 15 is 0 Å². The van der Waals surface area contributed by atoms with E-state index in [-0.39, 0.29) is 29.3 Å².